The van der Waals surface area contributed by atoms with Gasteiger partial charge in [0.2, 0.25) is 0 Å². The maximum Gasteiger partial charge on any atom is 0.0973 e. The molecule has 92 valence electrons. The van der Waals surface area contributed by atoms with Crippen LogP contribution in [0.25, 0.3) is 0 Å². The van der Waals surface area contributed by atoms with Crippen LogP contribution in [0.5, 0.6) is 0 Å². The van der Waals surface area contributed by atoms with E-state index >= 15 is 0 Å². The average molecular weight is 224 g/mol. The van der Waals surface area contributed by atoms with Gasteiger partial charge in [-0.3, -0.25) is 0 Å². The minimum atomic E-state index is -0.919. The van der Waals surface area contributed by atoms with Gasteiger partial charge < -0.3 is 10.2 Å². The summed E-state index contributed by atoms with van der Waals surface area (Å²) in [5, 5.41) is 20.6. The highest BCUT2D eigenvalue weighted by Gasteiger charge is 2.62. The Kier molecular flexibility index (Phi) is 2.71. The van der Waals surface area contributed by atoms with Crippen molar-refractivity contribution < 1.29 is 10.2 Å². The third kappa shape index (κ3) is 1.54. The number of aliphatic hydroxyl groups excluding tert-OH is 1. The molecule has 1 fully saturated rings. The average Bonchev–Trinajstić information content (AvgIpc) is 2.93. The monoisotopic (exact) mass is 224 g/mol. The van der Waals surface area contributed by atoms with Gasteiger partial charge in [0.25, 0.3) is 0 Å². The molecule has 2 aliphatic carbocycles. The Balaban J connectivity index is 2.34. The Morgan fingerprint density at radius 3 is 2.38 bits per heavy atom. The summed E-state index contributed by atoms with van der Waals surface area (Å²) >= 11 is 0. The molecular formula is C14H24O2. The van der Waals surface area contributed by atoms with Gasteiger partial charge in [-0.1, -0.05) is 25.0 Å². The smallest absolute Gasteiger partial charge is 0.0973 e. The molecule has 1 saturated carbocycles. The fourth-order valence-corrected chi connectivity index (χ4v) is 3.36. The molecule has 0 radical (unpaired) electrons. The molecule has 0 unspecified atom stereocenters. The molecule has 1 spiro atoms. The zero-order chi connectivity index (χ0) is 12.1. The fourth-order valence-electron chi connectivity index (χ4n) is 3.36. The molecule has 2 aliphatic rings. The molecule has 16 heavy (non-hydrogen) atoms. The highest BCUT2D eigenvalue weighted by Crippen LogP contribution is 2.64. The second-order valence-electron chi connectivity index (χ2n) is 6.28. The first kappa shape index (κ1) is 12.1. The van der Waals surface area contributed by atoms with Gasteiger partial charge in [-0.05, 0) is 45.4 Å². The molecule has 2 N–H and O–H groups in total. The lowest BCUT2D eigenvalue weighted by molar-refractivity contribution is -0.108. The van der Waals surface area contributed by atoms with Crippen molar-refractivity contribution in [3.63, 3.8) is 0 Å². The zero-order valence-electron chi connectivity index (χ0n) is 10.9. The van der Waals surface area contributed by atoms with Crippen molar-refractivity contribution >= 4 is 0 Å². The molecule has 2 rings (SSSR count). The van der Waals surface area contributed by atoms with Crippen LogP contribution in [0.4, 0.5) is 0 Å². The van der Waals surface area contributed by atoms with Crippen molar-refractivity contribution in [3.8, 4) is 0 Å². The fraction of sp³-hybridized carbons (Fsp3) is 0.857. The van der Waals surface area contributed by atoms with Crippen LogP contribution in [0.2, 0.25) is 0 Å². The van der Waals surface area contributed by atoms with Gasteiger partial charge in [-0.25, -0.2) is 0 Å². The predicted octanol–water partition coefficient (Wildman–Crippen LogP) is 2.64. The SMILES string of the molecule is CC1=C(CC(C)C)C[C@H](O)[C@](C)(O)C12CC2. The minimum Gasteiger partial charge on any atom is -0.390 e. The predicted molar refractivity (Wildman–Crippen MR) is 65.1 cm³/mol. The quantitative estimate of drug-likeness (QED) is 0.708. The van der Waals surface area contributed by atoms with Gasteiger partial charge in [0.1, 0.15) is 0 Å². The summed E-state index contributed by atoms with van der Waals surface area (Å²) in [4.78, 5) is 0. The third-order valence-electron chi connectivity index (χ3n) is 4.71. The molecule has 0 heterocycles. The number of hydrogen-bond acceptors (Lipinski definition) is 2. The molecule has 0 saturated heterocycles. The third-order valence-corrected chi connectivity index (χ3v) is 4.71. The highest BCUT2D eigenvalue weighted by molar-refractivity contribution is 5.36. The van der Waals surface area contributed by atoms with Crippen molar-refractivity contribution in [1.29, 1.82) is 0 Å². The van der Waals surface area contributed by atoms with Crippen molar-refractivity contribution in [3.05, 3.63) is 11.1 Å². The lowest BCUT2D eigenvalue weighted by Crippen LogP contribution is -2.51. The lowest BCUT2D eigenvalue weighted by atomic mass is 9.67. The summed E-state index contributed by atoms with van der Waals surface area (Å²) in [6.07, 6.45) is 3.18. The summed E-state index contributed by atoms with van der Waals surface area (Å²) in [6.45, 7) is 8.38. The van der Waals surface area contributed by atoms with Gasteiger partial charge in [-0.15, -0.1) is 0 Å². The molecule has 2 nitrogen and oxygen atoms in total. The first-order chi connectivity index (χ1) is 7.31. The second-order valence-corrected chi connectivity index (χ2v) is 6.28. The first-order valence-corrected chi connectivity index (χ1v) is 6.41. The maximum atomic E-state index is 10.5. The van der Waals surface area contributed by atoms with Crippen LogP contribution in [0.1, 0.15) is 53.4 Å². The number of aliphatic hydroxyl groups is 2. The van der Waals surface area contributed by atoms with E-state index in [4.69, 9.17) is 0 Å². The van der Waals surface area contributed by atoms with E-state index in [1.54, 1.807) is 6.92 Å². The Labute approximate surface area is 98.4 Å². The van der Waals surface area contributed by atoms with Crippen LogP contribution in [0.15, 0.2) is 11.1 Å². The van der Waals surface area contributed by atoms with Crippen LogP contribution >= 0.6 is 0 Å². The van der Waals surface area contributed by atoms with E-state index in [2.05, 4.69) is 20.8 Å². The van der Waals surface area contributed by atoms with Gasteiger partial charge in [0.05, 0.1) is 11.7 Å². The van der Waals surface area contributed by atoms with Gasteiger partial charge in [0.15, 0.2) is 0 Å². The second kappa shape index (κ2) is 3.58. The van der Waals surface area contributed by atoms with Crippen LogP contribution in [0.3, 0.4) is 0 Å². The Bertz CT molecular complexity index is 322. The van der Waals surface area contributed by atoms with Crippen molar-refractivity contribution in [1.82, 2.24) is 0 Å². The zero-order valence-corrected chi connectivity index (χ0v) is 10.9. The summed E-state index contributed by atoms with van der Waals surface area (Å²) in [5.74, 6) is 0.621. The molecule has 0 aliphatic heterocycles. The summed E-state index contributed by atoms with van der Waals surface area (Å²) < 4.78 is 0. The summed E-state index contributed by atoms with van der Waals surface area (Å²) in [5.41, 5.74) is 1.72. The molecule has 0 aromatic rings. The van der Waals surface area contributed by atoms with E-state index in [-0.39, 0.29) is 5.41 Å². The topological polar surface area (TPSA) is 40.5 Å². The van der Waals surface area contributed by atoms with E-state index in [9.17, 15) is 10.2 Å². The molecule has 0 aromatic heterocycles. The van der Waals surface area contributed by atoms with E-state index in [1.807, 2.05) is 0 Å². The highest BCUT2D eigenvalue weighted by atomic mass is 16.3. The maximum absolute atomic E-state index is 10.5. The Morgan fingerprint density at radius 1 is 1.38 bits per heavy atom. The van der Waals surface area contributed by atoms with Crippen molar-refractivity contribution in [2.75, 3.05) is 0 Å². The van der Waals surface area contributed by atoms with Crippen LogP contribution in [0, 0.1) is 11.3 Å². The van der Waals surface area contributed by atoms with Gasteiger partial charge in [0, 0.05) is 5.41 Å². The van der Waals surface area contributed by atoms with E-state index < -0.39 is 11.7 Å². The molecule has 0 amide bonds. The number of rotatable bonds is 2. The lowest BCUT2D eigenvalue weighted by Gasteiger charge is -2.44. The summed E-state index contributed by atoms with van der Waals surface area (Å²) in [6, 6.07) is 0. The van der Waals surface area contributed by atoms with E-state index in [0.29, 0.717) is 12.3 Å². The standard InChI is InChI=1S/C14H24O2/c1-9(2)7-11-8-12(15)13(4,16)14(5-6-14)10(11)3/h9,12,15-16H,5-8H2,1-4H3/t12-,13-/m0/s1. The molecular weight excluding hydrogens is 200 g/mol. The molecule has 2 atom stereocenters. The minimum absolute atomic E-state index is 0.102. The summed E-state index contributed by atoms with van der Waals surface area (Å²) in [7, 11) is 0. The largest absolute Gasteiger partial charge is 0.390 e. The van der Waals surface area contributed by atoms with E-state index in [1.165, 1.54) is 11.1 Å². The Morgan fingerprint density at radius 2 is 1.94 bits per heavy atom. The van der Waals surface area contributed by atoms with Crippen LogP contribution in [-0.4, -0.2) is 21.9 Å². The van der Waals surface area contributed by atoms with E-state index in [0.717, 1.165) is 19.3 Å². The number of hydrogen-bond donors (Lipinski definition) is 2. The van der Waals surface area contributed by atoms with Crippen molar-refractivity contribution in [2.45, 2.75) is 65.1 Å². The van der Waals surface area contributed by atoms with Gasteiger partial charge >= 0.3 is 0 Å². The molecule has 0 bridgehead atoms. The normalized spacial score (nSPS) is 37.3. The van der Waals surface area contributed by atoms with Crippen molar-refractivity contribution in [2.24, 2.45) is 11.3 Å². The van der Waals surface area contributed by atoms with Crippen LogP contribution < -0.4 is 0 Å². The first-order valence-electron chi connectivity index (χ1n) is 6.41. The molecule has 2 heteroatoms. The molecule has 0 aromatic carbocycles. The Hall–Kier alpha value is -0.340. The van der Waals surface area contributed by atoms with Gasteiger partial charge in [-0.2, -0.15) is 0 Å². The van der Waals surface area contributed by atoms with Crippen LogP contribution in [-0.2, 0) is 0 Å².